The fraction of sp³-hybridized carbons (Fsp3) is 0.493. The predicted molar refractivity (Wildman–Crippen MR) is 407 cm³/mol. The highest BCUT2D eigenvalue weighted by atomic mass is 32.2. The minimum atomic E-state index is -1.97. The maximum absolute atomic E-state index is 15.0. The number of amides is 13. The van der Waals surface area contributed by atoms with Crippen LogP contribution in [0.5, 0.6) is 11.5 Å². The van der Waals surface area contributed by atoms with E-state index in [9.17, 15) is 73.2 Å². The van der Waals surface area contributed by atoms with E-state index in [4.69, 9.17) is 5.73 Å². The number of nitrogens with one attached hydrogen (secondary N) is 13. The number of nitrogens with two attached hydrogens (primary N) is 1. The van der Waals surface area contributed by atoms with Gasteiger partial charge in [-0.3, -0.25) is 62.3 Å². The minimum Gasteiger partial charge on any atom is -0.508 e. The molecule has 4 heterocycles. The first-order valence-electron chi connectivity index (χ1n) is 36.1. The van der Waals surface area contributed by atoms with E-state index in [1.54, 1.807) is 46.0 Å². The lowest BCUT2D eigenvalue weighted by Gasteiger charge is -2.32. The monoisotopic (exact) mass is 1550 g/mol. The average Bonchev–Trinajstić information content (AvgIpc) is 1.67. The van der Waals surface area contributed by atoms with Crippen molar-refractivity contribution in [1.29, 1.82) is 0 Å². The van der Waals surface area contributed by atoms with Crippen molar-refractivity contribution < 1.29 is 82.8 Å². The largest absolute Gasteiger partial charge is 0.508 e. The zero-order chi connectivity index (χ0) is 79.9. The number of thioether (sulfide) groups is 2. The third-order valence-corrected chi connectivity index (χ3v) is 20.4. The number of fused-ring (bicyclic) bond motifs is 11. The molecule has 0 radical (unpaired) electrons. The number of benzene rings is 3. The molecule has 2 aliphatic heterocycles. The Morgan fingerprint density at radius 2 is 1.12 bits per heavy atom. The van der Waals surface area contributed by atoms with Crippen molar-refractivity contribution in [3.63, 3.8) is 0 Å². The number of H-pyrrole nitrogens is 1. The minimum absolute atomic E-state index is 0.0389. The van der Waals surface area contributed by atoms with Gasteiger partial charge in [0.15, 0.2) is 0 Å². The summed E-state index contributed by atoms with van der Waals surface area (Å²) >= 11 is 2.68. The number of aromatic nitrogens is 2. The smallest absolute Gasteiger partial charge is 0.245 e. The Morgan fingerprint density at radius 3 is 1.72 bits per heavy atom. The topological polar surface area (TPSA) is 502 Å². The number of carbonyl (C=O) groups is 13. The highest BCUT2D eigenvalue weighted by molar-refractivity contribution is 7.98. The molecule has 590 valence electrons. The molecule has 5 aromatic rings. The first-order chi connectivity index (χ1) is 51.6. The number of aliphatic hydroxyl groups excluding tert-OH is 2. The van der Waals surface area contributed by atoms with Crippen molar-refractivity contribution in [2.45, 2.75) is 209 Å². The lowest BCUT2D eigenvalue weighted by molar-refractivity contribution is -0.138. The number of primary amides is 1. The zero-order valence-electron chi connectivity index (χ0n) is 62.2. The van der Waals surface area contributed by atoms with Crippen LogP contribution in [-0.2, 0) is 93.1 Å². The molecule has 1 saturated heterocycles. The predicted octanol–water partition coefficient (Wildman–Crippen LogP) is 0.0984. The highest BCUT2D eigenvalue weighted by Gasteiger charge is 2.41. The molecule has 4 bridgehead atoms. The number of nitrogens with zero attached hydrogens (tertiary/aromatic N) is 1. The number of aromatic amines is 1. The molecule has 2 aromatic heterocycles. The summed E-state index contributed by atoms with van der Waals surface area (Å²) in [4.78, 5) is 195. The Labute approximate surface area is 639 Å². The van der Waals surface area contributed by atoms with Crippen molar-refractivity contribution in [3.8, 4) is 11.5 Å². The second kappa shape index (κ2) is 40.2. The van der Waals surface area contributed by atoms with Crippen molar-refractivity contribution in [2.75, 3.05) is 18.1 Å². The molecule has 12 atom stereocenters. The number of hydrogen-bond acceptors (Lipinski definition) is 20. The van der Waals surface area contributed by atoms with E-state index in [0.29, 0.717) is 45.0 Å². The van der Waals surface area contributed by atoms with Crippen LogP contribution in [0.3, 0.4) is 0 Å². The van der Waals surface area contributed by atoms with Crippen molar-refractivity contribution in [2.24, 2.45) is 11.1 Å². The van der Waals surface area contributed by atoms with E-state index in [1.165, 1.54) is 106 Å². The SMILES string of the molecule is CCC[C@@H]1NC(=O)[C@H](Cc2c[nH]c3ncccc23)NC(=O)[C@H]([C@@H](C)O)NC(=O)[C@@H]2CCCNC(=O)CC[C@H](NC1=O)C(=O)N[C@@H](Cc1ccc(O)cc1)C(=O)NC(C)(C)C(=O)N[C@@H]([C@@H](C)O)C(=O)N[C@H](C(N)=O)CSCc1cccc(c1)CSCCC(=O)N[C@@H](C(C)(C)C)C(=O)N[C@@H](Cc1ccc(O)cc1)C(=O)N2. The van der Waals surface area contributed by atoms with Crippen LogP contribution >= 0.6 is 23.5 Å². The Kier molecular flexibility index (Phi) is 31.7. The number of hydrogen-bond donors (Lipinski definition) is 18. The summed E-state index contributed by atoms with van der Waals surface area (Å²) in [6.07, 6.45) is -2.35. The summed E-state index contributed by atoms with van der Waals surface area (Å²) in [5.74, 6) is -11.2. The van der Waals surface area contributed by atoms with Gasteiger partial charge in [-0.25, -0.2) is 4.98 Å². The second-order valence-corrected chi connectivity index (χ2v) is 31.0. The lowest BCUT2D eigenvalue weighted by Crippen LogP contribution is -2.64. The number of phenolic OH excluding ortho intramolecular Hbond substituents is 2. The average molecular weight is 1550 g/mol. The van der Waals surface area contributed by atoms with Crippen LogP contribution in [0.15, 0.2) is 97.3 Å². The molecule has 0 unspecified atom stereocenters. The third-order valence-electron chi connectivity index (χ3n) is 18.2. The molecule has 1 fully saturated rings. The van der Waals surface area contributed by atoms with Crippen molar-refractivity contribution in [3.05, 3.63) is 125 Å². The zero-order valence-corrected chi connectivity index (χ0v) is 63.8. The fourth-order valence-electron chi connectivity index (χ4n) is 12.0. The molecule has 32 nitrogen and oxygen atoms in total. The van der Waals surface area contributed by atoms with E-state index in [-0.39, 0.29) is 75.2 Å². The Hall–Kier alpha value is -10.3. The molecular formula is C75H101N15O17S2. The van der Waals surface area contributed by atoms with Crippen LogP contribution in [0, 0.1) is 5.41 Å². The molecule has 7 rings (SSSR count). The first kappa shape index (κ1) is 85.9. The van der Waals surface area contributed by atoms with Crippen LogP contribution < -0.4 is 69.5 Å². The van der Waals surface area contributed by atoms with Gasteiger partial charge in [-0.05, 0) is 123 Å². The quantitative estimate of drug-likeness (QED) is 0.0834. The number of phenols is 2. The summed E-state index contributed by atoms with van der Waals surface area (Å²) in [7, 11) is 0. The van der Waals surface area contributed by atoms with Gasteiger partial charge in [-0.15, -0.1) is 0 Å². The number of aromatic hydroxyl groups is 2. The van der Waals surface area contributed by atoms with Gasteiger partial charge in [0.25, 0.3) is 0 Å². The van der Waals surface area contributed by atoms with Gasteiger partial charge >= 0.3 is 0 Å². The van der Waals surface area contributed by atoms with Gasteiger partial charge in [-0.2, -0.15) is 23.5 Å². The highest BCUT2D eigenvalue weighted by Crippen LogP contribution is 2.24. The molecule has 0 aliphatic carbocycles. The number of rotatable bonds is 11. The Morgan fingerprint density at radius 1 is 0.587 bits per heavy atom. The molecule has 3 aromatic carbocycles. The maximum atomic E-state index is 15.0. The van der Waals surface area contributed by atoms with Gasteiger partial charge in [-0.1, -0.05) is 82.6 Å². The maximum Gasteiger partial charge on any atom is 0.245 e. The summed E-state index contributed by atoms with van der Waals surface area (Å²) in [5, 5.41) is 75.0. The van der Waals surface area contributed by atoms with E-state index >= 15 is 9.59 Å². The first-order valence-corrected chi connectivity index (χ1v) is 38.4. The van der Waals surface area contributed by atoms with Crippen LogP contribution in [0.2, 0.25) is 0 Å². The molecule has 2 aliphatic rings. The number of aliphatic hydroxyl groups is 2. The van der Waals surface area contributed by atoms with Gasteiger partial charge < -0.3 is 94.9 Å². The summed E-state index contributed by atoms with van der Waals surface area (Å²) in [5.41, 5.74) is 6.23. The van der Waals surface area contributed by atoms with Gasteiger partial charge in [0.2, 0.25) is 76.8 Å². The normalized spacial score (nSPS) is 24.7. The third kappa shape index (κ3) is 26.2. The van der Waals surface area contributed by atoms with Crippen molar-refractivity contribution >= 4 is 111 Å². The Bertz CT molecular complexity index is 4060. The van der Waals surface area contributed by atoms with E-state index < -0.39 is 173 Å². The molecule has 34 heteroatoms. The van der Waals surface area contributed by atoms with Gasteiger partial charge in [0.05, 0.1) is 12.2 Å². The molecule has 109 heavy (non-hydrogen) atoms. The molecule has 0 spiro atoms. The molecule has 13 amide bonds. The Balaban J connectivity index is 1.30. The van der Waals surface area contributed by atoms with E-state index in [2.05, 4.69) is 73.8 Å². The molecule has 19 N–H and O–H groups in total. The molecular weight excluding hydrogens is 1450 g/mol. The summed E-state index contributed by atoms with van der Waals surface area (Å²) < 4.78 is 0. The standard InChI is InChI=1S/C75H101N15O17S2/c1-9-13-50-64(98)82-52-26-27-57(95)77-29-12-17-51(66(100)88-59(40(2)91)70(104)84-55(68(102)80-50)35-46-36-79-63-49(46)16-11-30-78-63)81-67(101)53(33-42-18-22-47(93)23-19-42)85-72(106)61(74(4,5)6)87-58(96)28-31-108-37-44-14-10-15-45(32-44)38-109-39-56(62(76)97)86-71(105)60(41(3)92)89-73(107)75(7,8)90-69(103)54(83-65(52)99)34-43-20-24-48(94)25-21-43/h10-11,14-16,18-25,30,32,36,40-41,50-56,59-61,91-94H,9,12-13,17,26-29,31,33-35,37-39H2,1-8H3,(H2,76,97)(H,77,95)(H,78,79)(H,80,102)(H,81,101)(H,82,98)(H,83,99)(H,84,104)(H,85,106)(H,86,105)(H,87,96)(H,88,100)(H,89,107)(H,90,103)/t40-,41-,50+,51+,52+,53+,54+,55+,56+,59+,60+,61-/m1/s1. The number of carbonyl (C=O) groups excluding carboxylic acids is 13. The van der Waals surface area contributed by atoms with Crippen LogP contribution in [-0.4, -0.2) is 203 Å². The van der Waals surface area contributed by atoms with Crippen LogP contribution in [0.4, 0.5) is 0 Å². The number of pyridine rings is 1. The lowest BCUT2D eigenvalue weighted by atomic mass is 9.85. The van der Waals surface area contributed by atoms with Crippen LogP contribution in [0.1, 0.15) is 128 Å². The van der Waals surface area contributed by atoms with Crippen molar-refractivity contribution in [1.82, 2.24) is 73.8 Å². The van der Waals surface area contributed by atoms with Crippen LogP contribution in [0.25, 0.3) is 11.0 Å². The summed E-state index contributed by atoms with van der Waals surface area (Å²) in [6, 6.07) is 6.43. The fourth-order valence-corrected chi connectivity index (χ4v) is 13.9. The summed E-state index contributed by atoms with van der Waals surface area (Å²) in [6.45, 7) is 11.6. The van der Waals surface area contributed by atoms with Gasteiger partial charge in [0, 0.05) is 79.4 Å². The van der Waals surface area contributed by atoms with Gasteiger partial charge in [0.1, 0.15) is 83.1 Å². The molecule has 0 saturated carbocycles. The second-order valence-electron chi connectivity index (χ2n) is 28.8. The van der Waals surface area contributed by atoms with E-state index in [1.807, 2.05) is 24.3 Å². The van der Waals surface area contributed by atoms with E-state index in [0.717, 1.165) is 11.1 Å².